The Balaban J connectivity index is 2.00. The van der Waals surface area contributed by atoms with E-state index in [1.807, 2.05) is 24.5 Å². The van der Waals surface area contributed by atoms with Crippen LogP contribution in [0.1, 0.15) is 24.8 Å². The molecule has 3 heterocycles. The van der Waals surface area contributed by atoms with Crippen LogP contribution in [-0.4, -0.2) is 9.97 Å². The zero-order valence-electron chi connectivity index (χ0n) is 11.9. The van der Waals surface area contributed by atoms with Crippen molar-refractivity contribution in [1.29, 1.82) is 0 Å². The molecule has 0 aliphatic rings. The molecular formula is C16H16BrN3S. The van der Waals surface area contributed by atoms with Crippen molar-refractivity contribution in [2.24, 2.45) is 5.92 Å². The molecule has 1 unspecified atom stereocenters. The summed E-state index contributed by atoms with van der Waals surface area (Å²) >= 11 is 5.22. The van der Waals surface area contributed by atoms with E-state index in [9.17, 15) is 0 Å². The fourth-order valence-electron chi connectivity index (χ4n) is 2.32. The highest BCUT2D eigenvalue weighted by atomic mass is 79.9. The molecule has 5 heteroatoms. The monoisotopic (exact) mass is 361 g/mol. The zero-order valence-corrected chi connectivity index (χ0v) is 14.3. The largest absolute Gasteiger partial charge is 0.375 e. The summed E-state index contributed by atoms with van der Waals surface area (Å²) in [5, 5.41) is 5.75. The van der Waals surface area contributed by atoms with Crippen molar-refractivity contribution in [3.05, 3.63) is 51.4 Å². The summed E-state index contributed by atoms with van der Waals surface area (Å²) in [4.78, 5) is 10.2. The molecule has 0 saturated carbocycles. The normalized spacial score (nSPS) is 12.8. The molecule has 3 aromatic rings. The molecular weight excluding hydrogens is 346 g/mol. The fraction of sp³-hybridized carbons (Fsp3) is 0.250. The lowest BCUT2D eigenvalue weighted by Crippen LogP contribution is -2.16. The molecule has 0 saturated heterocycles. The minimum atomic E-state index is 0.279. The van der Waals surface area contributed by atoms with Gasteiger partial charge in [-0.2, -0.15) is 0 Å². The molecule has 0 bridgehead atoms. The smallest absolute Gasteiger partial charge is 0.112 e. The lowest BCUT2D eigenvalue weighted by molar-refractivity contribution is 0.554. The maximum Gasteiger partial charge on any atom is 0.112 e. The number of rotatable bonds is 4. The third kappa shape index (κ3) is 3.09. The van der Waals surface area contributed by atoms with E-state index in [1.165, 1.54) is 4.88 Å². The summed E-state index contributed by atoms with van der Waals surface area (Å²) in [6, 6.07) is 8.53. The Kier molecular flexibility index (Phi) is 4.22. The number of pyridine rings is 2. The Bertz CT molecular complexity index is 740. The van der Waals surface area contributed by atoms with E-state index < -0.39 is 0 Å². The molecule has 1 atom stereocenters. The van der Waals surface area contributed by atoms with Gasteiger partial charge >= 0.3 is 0 Å². The predicted octanol–water partition coefficient (Wildman–Crippen LogP) is 5.26. The number of thiophene rings is 1. The topological polar surface area (TPSA) is 37.8 Å². The van der Waals surface area contributed by atoms with Crippen LogP contribution in [0, 0.1) is 5.92 Å². The number of aromatic nitrogens is 2. The Morgan fingerprint density at radius 3 is 2.81 bits per heavy atom. The van der Waals surface area contributed by atoms with Crippen LogP contribution in [0.3, 0.4) is 0 Å². The second-order valence-electron chi connectivity index (χ2n) is 5.26. The summed E-state index contributed by atoms with van der Waals surface area (Å²) in [7, 11) is 0. The first kappa shape index (κ1) is 14.5. The predicted molar refractivity (Wildman–Crippen MR) is 92.8 cm³/mol. The fourth-order valence-corrected chi connectivity index (χ4v) is 3.59. The van der Waals surface area contributed by atoms with Gasteiger partial charge in [0.2, 0.25) is 0 Å². The van der Waals surface area contributed by atoms with Gasteiger partial charge in [0, 0.05) is 21.7 Å². The Morgan fingerprint density at radius 2 is 2.10 bits per heavy atom. The quantitative estimate of drug-likeness (QED) is 0.688. The zero-order chi connectivity index (χ0) is 14.8. The van der Waals surface area contributed by atoms with E-state index >= 15 is 0 Å². The average Bonchev–Trinajstić information content (AvgIpc) is 2.97. The third-order valence-electron chi connectivity index (χ3n) is 3.37. The van der Waals surface area contributed by atoms with Crippen LogP contribution in [0.5, 0.6) is 0 Å². The van der Waals surface area contributed by atoms with Crippen LogP contribution in [0.4, 0.5) is 5.69 Å². The Hall–Kier alpha value is -1.46. The van der Waals surface area contributed by atoms with E-state index in [-0.39, 0.29) is 6.04 Å². The number of nitrogens with one attached hydrogen (secondary N) is 1. The van der Waals surface area contributed by atoms with Gasteiger partial charge in [0.25, 0.3) is 0 Å². The highest BCUT2D eigenvalue weighted by Gasteiger charge is 2.18. The highest BCUT2D eigenvalue weighted by molar-refractivity contribution is 9.10. The standard InChI is InChI=1S/C16H16BrN3S/c1-10(2)15(14-4-3-7-21-14)20-12-5-6-18-13-8-11(17)9-19-16(12)13/h3-10,15H,1-2H3,(H,18,20). The molecule has 108 valence electrons. The maximum atomic E-state index is 4.51. The van der Waals surface area contributed by atoms with Gasteiger partial charge < -0.3 is 5.32 Å². The highest BCUT2D eigenvalue weighted by Crippen LogP contribution is 2.32. The first-order valence-electron chi connectivity index (χ1n) is 6.85. The van der Waals surface area contributed by atoms with Gasteiger partial charge in [-0.05, 0) is 45.4 Å². The Labute approximate surface area is 136 Å². The molecule has 0 fully saturated rings. The van der Waals surface area contributed by atoms with Gasteiger partial charge in [-0.25, -0.2) is 0 Å². The van der Waals surface area contributed by atoms with E-state index in [2.05, 4.69) is 62.6 Å². The van der Waals surface area contributed by atoms with Crippen molar-refractivity contribution in [3.63, 3.8) is 0 Å². The van der Waals surface area contributed by atoms with Crippen LogP contribution in [0.15, 0.2) is 46.5 Å². The van der Waals surface area contributed by atoms with Crippen molar-refractivity contribution in [3.8, 4) is 0 Å². The minimum absolute atomic E-state index is 0.279. The second kappa shape index (κ2) is 6.12. The van der Waals surface area contributed by atoms with Crippen LogP contribution in [0.25, 0.3) is 11.0 Å². The summed E-state index contributed by atoms with van der Waals surface area (Å²) in [6.45, 7) is 4.45. The summed E-state index contributed by atoms with van der Waals surface area (Å²) in [5.74, 6) is 0.488. The van der Waals surface area contributed by atoms with Crippen molar-refractivity contribution >= 4 is 44.0 Å². The molecule has 0 spiro atoms. The van der Waals surface area contributed by atoms with Crippen molar-refractivity contribution < 1.29 is 0 Å². The molecule has 3 nitrogen and oxygen atoms in total. The number of hydrogen-bond acceptors (Lipinski definition) is 4. The number of halogens is 1. The molecule has 0 aliphatic heterocycles. The van der Waals surface area contributed by atoms with Crippen molar-refractivity contribution in [2.45, 2.75) is 19.9 Å². The molecule has 0 amide bonds. The summed E-state index contributed by atoms with van der Waals surface area (Å²) in [6.07, 6.45) is 3.63. The second-order valence-corrected chi connectivity index (χ2v) is 7.16. The lowest BCUT2D eigenvalue weighted by Gasteiger charge is -2.23. The van der Waals surface area contributed by atoms with Crippen LogP contribution in [-0.2, 0) is 0 Å². The molecule has 3 rings (SSSR count). The van der Waals surface area contributed by atoms with Gasteiger partial charge in [-0.1, -0.05) is 19.9 Å². The number of fused-ring (bicyclic) bond motifs is 1. The van der Waals surface area contributed by atoms with Gasteiger partial charge in [-0.3, -0.25) is 9.97 Å². The maximum absolute atomic E-state index is 4.51. The summed E-state index contributed by atoms with van der Waals surface area (Å²) < 4.78 is 0.943. The average molecular weight is 362 g/mol. The molecule has 0 radical (unpaired) electrons. The van der Waals surface area contributed by atoms with Crippen molar-refractivity contribution in [1.82, 2.24) is 9.97 Å². The molecule has 0 aliphatic carbocycles. The molecule has 21 heavy (non-hydrogen) atoms. The van der Waals surface area contributed by atoms with Crippen LogP contribution < -0.4 is 5.32 Å². The van der Waals surface area contributed by atoms with Crippen molar-refractivity contribution in [2.75, 3.05) is 5.32 Å². The van der Waals surface area contributed by atoms with E-state index in [0.717, 1.165) is 21.2 Å². The van der Waals surface area contributed by atoms with E-state index in [1.54, 1.807) is 11.3 Å². The van der Waals surface area contributed by atoms with Gasteiger partial charge in [0.1, 0.15) is 5.52 Å². The lowest BCUT2D eigenvalue weighted by atomic mass is 10.0. The molecule has 0 aromatic carbocycles. The number of anilines is 1. The van der Waals surface area contributed by atoms with Gasteiger partial charge in [-0.15, -0.1) is 11.3 Å². The molecule has 3 aromatic heterocycles. The third-order valence-corrected chi connectivity index (χ3v) is 4.76. The minimum Gasteiger partial charge on any atom is -0.375 e. The SMILES string of the molecule is CC(C)C(Nc1ccnc2cc(Br)cnc12)c1cccs1. The summed E-state index contributed by atoms with van der Waals surface area (Å²) in [5.41, 5.74) is 2.82. The van der Waals surface area contributed by atoms with Gasteiger partial charge in [0.15, 0.2) is 0 Å². The number of hydrogen-bond donors (Lipinski definition) is 1. The first-order valence-corrected chi connectivity index (χ1v) is 8.52. The first-order chi connectivity index (χ1) is 10.1. The van der Waals surface area contributed by atoms with Crippen LogP contribution in [0.2, 0.25) is 0 Å². The number of nitrogens with zero attached hydrogens (tertiary/aromatic N) is 2. The van der Waals surface area contributed by atoms with Crippen LogP contribution >= 0.6 is 27.3 Å². The van der Waals surface area contributed by atoms with E-state index in [0.29, 0.717) is 5.92 Å². The molecule has 1 N–H and O–H groups in total. The van der Waals surface area contributed by atoms with Gasteiger partial charge in [0.05, 0.1) is 17.2 Å². The van der Waals surface area contributed by atoms with E-state index in [4.69, 9.17) is 0 Å². The Morgan fingerprint density at radius 1 is 1.24 bits per heavy atom.